The van der Waals surface area contributed by atoms with Crippen LogP contribution >= 0.6 is 0 Å². The van der Waals surface area contributed by atoms with Crippen molar-refractivity contribution in [2.24, 2.45) is 0 Å². The zero-order valence-electron chi connectivity index (χ0n) is 21.5. The largest absolute Gasteiger partial charge is 0.379 e. The van der Waals surface area contributed by atoms with Crippen LogP contribution in [0.15, 0.2) is 60.7 Å². The summed E-state index contributed by atoms with van der Waals surface area (Å²) in [5.41, 5.74) is 7.19. The van der Waals surface area contributed by atoms with Gasteiger partial charge in [0.2, 0.25) is 0 Å². The first kappa shape index (κ1) is 25.1. The fourth-order valence-corrected chi connectivity index (χ4v) is 4.72. The van der Waals surface area contributed by atoms with Gasteiger partial charge in [-0.25, -0.2) is 9.37 Å². The Balaban J connectivity index is 1.31. The number of nitrogens with zero attached hydrogens (tertiary/aromatic N) is 3. The summed E-state index contributed by atoms with van der Waals surface area (Å²) in [5, 5.41) is 3.02. The van der Waals surface area contributed by atoms with Crippen LogP contribution < -0.4 is 5.32 Å². The highest BCUT2D eigenvalue weighted by Gasteiger charge is 2.15. The molecule has 0 radical (unpaired) electrons. The molecule has 1 aliphatic heterocycles. The molecule has 37 heavy (non-hydrogen) atoms. The Morgan fingerprint density at radius 2 is 1.65 bits per heavy atom. The summed E-state index contributed by atoms with van der Waals surface area (Å²) in [5.74, 6) is 0.626. The van der Waals surface area contributed by atoms with Crippen molar-refractivity contribution in [3.8, 4) is 0 Å². The van der Waals surface area contributed by atoms with Gasteiger partial charge in [0, 0.05) is 44.7 Å². The molecular weight excluding hydrogens is 467 g/mol. The van der Waals surface area contributed by atoms with E-state index in [-0.39, 0.29) is 11.7 Å². The van der Waals surface area contributed by atoms with E-state index < -0.39 is 0 Å². The molecule has 4 aromatic rings. The number of morpholine rings is 1. The highest BCUT2D eigenvalue weighted by Crippen LogP contribution is 2.24. The molecule has 1 amide bonds. The van der Waals surface area contributed by atoms with Gasteiger partial charge in [-0.3, -0.25) is 9.69 Å². The molecule has 0 unspecified atom stereocenters. The van der Waals surface area contributed by atoms with Crippen LogP contribution in [0.25, 0.3) is 11.0 Å². The van der Waals surface area contributed by atoms with Crippen LogP contribution in [0.1, 0.15) is 38.4 Å². The fourth-order valence-electron chi connectivity index (χ4n) is 4.72. The molecule has 0 aliphatic carbocycles. The first-order chi connectivity index (χ1) is 18.0. The van der Waals surface area contributed by atoms with Crippen LogP contribution in [0, 0.1) is 19.7 Å². The number of nitrogens with one attached hydrogen (secondary N) is 1. The van der Waals surface area contributed by atoms with Crippen LogP contribution in [0.3, 0.4) is 0 Å². The van der Waals surface area contributed by atoms with Crippen LogP contribution in [-0.4, -0.2) is 59.8 Å². The summed E-state index contributed by atoms with van der Waals surface area (Å²) < 4.78 is 21.0. The minimum atomic E-state index is -0.242. The third-order valence-electron chi connectivity index (χ3n) is 7.09. The molecule has 0 saturated carbocycles. The second-order valence-corrected chi connectivity index (χ2v) is 9.75. The van der Waals surface area contributed by atoms with Crippen molar-refractivity contribution < 1.29 is 13.9 Å². The Hall–Kier alpha value is -3.55. The van der Waals surface area contributed by atoms with Gasteiger partial charge in [-0.05, 0) is 72.5 Å². The first-order valence-corrected chi connectivity index (χ1v) is 12.8. The van der Waals surface area contributed by atoms with Crippen LogP contribution in [0.2, 0.25) is 0 Å². The summed E-state index contributed by atoms with van der Waals surface area (Å²) in [7, 11) is 0. The Bertz CT molecular complexity index is 1370. The maximum atomic E-state index is 13.4. The Morgan fingerprint density at radius 3 is 2.38 bits per heavy atom. The second kappa shape index (κ2) is 11.2. The van der Waals surface area contributed by atoms with Gasteiger partial charge in [0.1, 0.15) is 11.6 Å². The van der Waals surface area contributed by atoms with Crippen molar-refractivity contribution in [3.05, 3.63) is 100 Å². The second-order valence-electron chi connectivity index (χ2n) is 9.75. The molecule has 1 aromatic heterocycles. The molecule has 192 valence electrons. The van der Waals surface area contributed by atoms with Crippen molar-refractivity contribution in [1.82, 2.24) is 19.8 Å². The standard InChI is InChI=1S/C30H33FN4O2/c1-21-17-27-28(18-22(21)2)35(29(33-27)19-23-5-9-26(31)10-6-23)20-24-3-7-25(8-4-24)30(36)32-11-12-34-13-15-37-16-14-34/h3-10,17-18H,11-16,19-20H2,1-2H3,(H,32,36). The average Bonchev–Trinajstić information content (AvgIpc) is 3.22. The maximum Gasteiger partial charge on any atom is 0.251 e. The molecule has 5 rings (SSSR count). The number of benzene rings is 3. The van der Waals surface area contributed by atoms with Gasteiger partial charge in [-0.1, -0.05) is 24.3 Å². The predicted molar refractivity (Wildman–Crippen MR) is 144 cm³/mol. The quantitative estimate of drug-likeness (QED) is 0.387. The molecule has 1 aliphatic rings. The molecule has 1 fully saturated rings. The first-order valence-electron chi connectivity index (χ1n) is 12.8. The molecule has 2 heterocycles. The molecule has 1 N–H and O–H groups in total. The zero-order valence-corrected chi connectivity index (χ0v) is 21.5. The number of fused-ring (bicyclic) bond motifs is 1. The Morgan fingerprint density at radius 1 is 0.973 bits per heavy atom. The summed E-state index contributed by atoms with van der Waals surface area (Å²) in [6.45, 7) is 9.62. The van der Waals surface area contributed by atoms with Crippen molar-refractivity contribution in [2.75, 3.05) is 39.4 Å². The normalized spacial score (nSPS) is 14.2. The SMILES string of the molecule is Cc1cc2nc(Cc3ccc(F)cc3)n(Cc3ccc(C(=O)NCCN4CCOCC4)cc3)c2cc1C. The lowest BCUT2D eigenvalue weighted by Crippen LogP contribution is -2.41. The third-order valence-corrected chi connectivity index (χ3v) is 7.09. The highest BCUT2D eigenvalue weighted by molar-refractivity contribution is 5.94. The highest BCUT2D eigenvalue weighted by atomic mass is 19.1. The van der Waals surface area contributed by atoms with E-state index in [0.29, 0.717) is 25.1 Å². The number of halogens is 1. The molecule has 3 aromatic carbocycles. The Labute approximate surface area is 217 Å². The van der Waals surface area contributed by atoms with Gasteiger partial charge in [-0.2, -0.15) is 0 Å². The number of ether oxygens (including phenoxy) is 1. The summed E-state index contributed by atoms with van der Waals surface area (Å²) in [6, 6.07) is 18.7. The molecular formula is C30H33FN4O2. The summed E-state index contributed by atoms with van der Waals surface area (Å²) in [4.78, 5) is 19.9. The van der Waals surface area contributed by atoms with E-state index in [4.69, 9.17) is 9.72 Å². The predicted octanol–water partition coefficient (Wildman–Crippen LogP) is 4.49. The van der Waals surface area contributed by atoms with E-state index in [0.717, 1.165) is 60.8 Å². The van der Waals surface area contributed by atoms with E-state index in [9.17, 15) is 9.18 Å². The van der Waals surface area contributed by atoms with Gasteiger partial charge in [-0.15, -0.1) is 0 Å². The van der Waals surface area contributed by atoms with Crippen molar-refractivity contribution in [3.63, 3.8) is 0 Å². The minimum Gasteiger partial charge on any atom is -0.379 e. The topological polar surface area (TPSA) is 59.4 Å². The lowest BCUT2D eigenvalue weighted by atomic mass is 10.1. The number of carbonyl (C=O) groups is 1. The molecule has 6 nitrogen and oxygen atoms in total. The number of hydrogen-bond donors (Lipinski definition) is 1. The number of carbonyl (C=O) groups excluding carboxylic acids is 1. The molecule has 1 saturated heterocycles. The lowest BCUT2D eigenvalue weighted by Gasteiger charge is -2.26. The van der Waals surface area contributed by atoms with Gasteiger partial charge in [0.05, 0.1) is 24.2 Å². The van der Waals surface area contributed by atoms with Gasteiger partial charge < -0.3 is 14.6 Å². The van der Waals surface area contributed by atoms with Gasteiger partial charge in [0.25, 0.3) is 5.91 Å². The smallest absolute Gasteiger partial charge is 0.251 e. The van der Waals surface area contributed by atoms with Crippen molar-refractivity contribution in [1.29, 1.82) is 0 Å². The average molecular weight is 501 g/mol. The number of imidazole rings is 1. The van der Waals surface area contributed by atoms with Crippen molar-refractivity contribution in [2.45, 2.75) is 26.8 Å². The van der Waals surface area contributed by atoms with Crippen molar-refractivity contribution >= 4 is 16.9 Å². The fraction of sp³-hybridized carbons (Fsp3) is 0.333. The summed E-state index contributed by atoms with van der Waals surface area (Å²) >= 11 is 0. The molecule has 0 atom stereocenters. The van der Waals surface area contributed by atoms with Gasteiger partial charge in [0.15, 0.2) is 0 Å². The van der Waals surface area contributed by atoms with E-state index in [1.54, 1.807) is 0 Å². The van der Waals surface area contributed by atoms with Crippen LogP contribution in [0.5, 0.6) is 0 Å². The van der Waals surface area contributed by atoms with E-state index in [1.165, 1.54) is 23.3 Å². The number of aromatic nitrogens is 2. The molecule has 0 bridgehead atoms. The van der Waals surface area contributed by atoms with Crippen LogP contribution in [0.4, 0.5) is 4.39 Å². The number of aryl methyl sites for hydroxylation is 2. The molecule has 0 spiro atoms. The van der Waals surface area contributed by atoms with Gasteiger partial charge >= 0.3 is 0 Å². The Kier molecular flexibility index (Phi) is 7.63. The summed E-state index contributed by atoms with van der Waals surface area (Å²) in [6.07, 6.45) is 0.608. The minimum absolute atomic E-state index is 0.0593. The van der Waals surface area contributed by atoms with E-state index in [2.05, 4.69) is 40.8 Å². The third kappa shape index (κ3) is 6.06. The lowest BCUT2D eigenvalue weighted by molar-refractivity contribution is 0.0383. The number of rotatable bonds is 8. The number of hydrogen-bond acceptors (Lipinski definition) is 4. The van der Waals surface area contributed by atoms with Crippen LogP contribution in [-0.2, 0) is 17.7 Å². The number of amides is 1. The zero-order chi connectivity index (χ0) is 25.8. The van der Waals surface area contributed by atoms with E-state index in [1.807, 2.05) is 36.4 Å². The van der Waals surface area contributed by atoms with E-state index >= 15 is 0 Å². The monoisotopic (exact) mass is 500 g/mol. The molecule has 7 heteroatoms. The maximum absolute atomic E-state index is 13.4.